The topological polar surface area (TPSA) is 114 Å². The van der Waals surface area contributed by atoms with E-state index in [-0.39, 0.29) is 51.1 Å². The molecule has 33 heavy (non-hydrogen) atoms. The average molecular weight is 502 g/mol. The van der Waals surface area contributed by atoms with Crippen molar-refractivity contribution in [3.05, 3.63) is 70.4 Å². The highest BCUT2D eigenvalue weighted by atomic mass is 35.5. The minimum atomic E-state index is -4.62. The number of benzene rings is 2. The Labute approximate surface area is 192 Å². The zero-order valence-electron chi connectivity index (χ0n) is 17.1. The molecule has 2 aromatic carbocycles. The molecule has 1 aromatic heterocycles. The molecule has 4 N–H and O–H groups in total. The number of carbonyl (C=O) groups is 1. The summed E-state index contributed by atoms with van der Waals surface area (Å²) in [5.74, 6) is -0.658. The van der Waals surface area contributed by atoms with Crippen molar-refractivity contribution in [3.63, 3.8) is 0 Å². The van der Waals surface area contributed by atoms with Crippen molar-refractivity contribution in [2.45, 2.75) is 24.5 Å². The number of hydrogen-bond acceptors (Lipinski definition) is 4. The first-order valence-corrected chi connectivity index (χ1v) is 11.4. The van der Waals surface area contributed by atoms with Gasteiger partial charge in [-0.3, -0.25) is 4.79 Å². The van der Waals surface area contributed by atoms with Crippen molar-refractivity contribution in [2.75, 3.05) is 11.9 Å². The lowest BCUT2D eigenvalue weighted by Crippen LogP contribution is -2.14. The number of nitrogens with two attached hydrogens (primary N) is 1. The van der Waals surface area contributed by atoms with Gasteiger partial charge in [0.25, 0.3) is 5.91 Å². The molecular formula is C21H19ClF3N3O4S. The number of hydrogen-bond donors (Lipinski definition) is 3. The van der Waals surface area contributed by atoms with Crippen molar-refractivity contribution < 1.29 is 31.5 Å². The van der Waals surface area contributed by atoms with Crippen LogP contribution in [0.15, 0.2) is 53.6 Å². The fourth-order valence-electron chi connectivity index (χ4n) is 3.47. The van der Waals surface area contributed by atoms with Crippen LogP contribution in [-0.4, -0.2) is 30.6 Å². The Balaban J connectivity index is 2.05. The molecule has 3 rings (SSSR count). The van der Waals surface area contributed by atoms with E-state index in [1.165, 1.54) is 48.0 Å². The number of aliphatic hydroxyl groups excluding tert-OH is 1. The van der Waals surface area contributed by atoms with E-state index in [4.69, 9.17) is 16.7 Å². The van der Waals surface area contributed by atoms with E-state index in [0.717, 1.165) is 12.1 Å². The van der Waals surface area contributed by atoms with Gasteiger partial charge in [0.15, 0.2) is 0 Å². The van der Waals surface area contributed by atoms with Gasteiger partial charge >= 0.3 is 6.18 Å². The molecule has 1 amide bonds. The summed E-state index contributed by atoms with van der Waals surface area (Å²) in [4.78, 5) is 12.6. The molecule has 0 unspecified atom stereocenters. The van der Waals surface area contributed by atoms with Crippen molar-refractivity contribution in [1.29, 1.82) is 0 Å². The van der Waals surface area contributed by atoms with E-state index in [9.17, 15) is 31.5 Å². The SMILES string of the molecule is Cc1c(C(=O)Nc2ccc(S(N)(=O)=O)c(Cl)c2)cn(CCO)c1-c1ccccc1C(F)(F)F. The summed E-state index contributed by atoms with van der Waals surface area (Å²) in [7, 11) is -4.06. The molecule has 0 spiro atoms. The van der Waals surface area contributed by atoms with Gasteiger partial charge < -0.3 is 15.0 Å². The molecule has 7 nitrogen and oxygen atoms in total. The standard InChI is InChI=1S/C21H19ClF3N3O4S/c1-12-15(20(30)27-13-6-7-18(17(22)10-13)33(26,31)32)11-28(8-9-29)19(12)14-4-2-3-5-16(14)21(23,24)25/h2-7,10-11,29H,8-9H2,1H3,(H,27,30)(H2,26,31,32). The summed E-state index contributed by atoms with van der Waals surface area (Å²) in [5.41, 5.74) is -0.362. The lowest BCUT2D eigenvalue weighted by Gasteiger charge is -2.15. The van der Waals surface area contributed by atoms with Gasteiger partial charge in [-0.25, -0.2) is 13.6 Å². The Morgan fingerprint density at radius 2 is 1.88 bits per heavy atom. The molecule has 0 fully saturated rings. The number of carbonyl (C=O) groups excluding carboxylic acids is 1. The van der Waals surface area contributed by atoms with Crippen LogP contribution in [0.2, 0.25) is 5.02 Å². The van der Waals surface area contributed by atoms with E-state index in [1.807, 2.05) is 0 Å². The van der Waals surface area contributed by atoms with Crippen LogP contribution in [0.3, 0.4) is 0 Å². The third-order valence-corrected chi connectivity index (χ3v) is 6.29. The number of primary sulfonamides is 1. The lowest BCUT2D eigenvalue weighted by atomic mass is 10.00. The van der Waals surface area contributed by atoms with Crippen LogP contribution < -0.4 is 10.5 Å². The summed E-state index contributed by atoms with van der Waals surface area (Å²) in [6, 6.07) is 8.57. The Morgan fingerprint density at radius 1 is 1.21 bits per heavy atom. The maximum absolute atomic E-state index is 13.6. The van der Waals surface area contributed by atoms with Crippen LogP contribution in [0, 0.1) is 6.92 Å². The molecule has 12 heteroatoms. The number of anilines is 1. The monoisotopic (exact) mass is 501 g/mol. The maximum atomic E-state index is 13.6. The predicted octanol–water partition coefficient (Wildman–Crippen LogP) is 4.03. The number of rotatable bonds is 6. The highest BCUT2D eigenvalue weighted by Gasteiger charge is 2.35. The van der Waals surface area contributed by atoms with Gasteiger partial charge in [0.05, 0.1) is 28.5 Å². The Hall–Kier alpha value is -2.86. The van der Waals surface area contributed by atoms with Gasteiger partial charge in [0, 0.05) is 24.0 Å². The van der Waals surface area contributed by atoms with Crippen molar-refractivity contribution in [2.24, 2.45) is 5.14 Å². The fraction of sp³-hybridized carbons (Fsp3) is 0.190. The quantitative estimate of drug-likeness (QED) is 0.473. The van der Waals surface area contributed by atoms with Gasteiger partial charge in [0.1, 0.15) is 4.90 Å². The molecule has 0 saturated heterocycles. The van der Waals surface area contributed by atoms with E-state index in [1.54, 1.807) is 0 Å². The average Bonchev–Trinajstić information content (AvgIpc) is 3.02. The number of nitrogens with zero attached hydrogens (tertiary/aromatic N) is 1. The zero-order valence-corrected chi connectivity index (χ0v) is 18.7. The second-order valence-electron chi connectivity index (χ2n) is 7.12. The van der Waals surface area contributed by atoms with Gasteiger partial charge in [0.2, 0.25) is 10.0 Å². The Morgan fingerprint density at radius 3 is 2.45 bits per heavy atom. The molecular weight excluding hydrogens is 483 g/mol. The first kappa shape index (κ1) is 24.8. The van der Waals surface area contributed by atoms with Crippen LogP contribution in [0.5, 0.6) is 0 Å². The predicted molar refractivity (Wildman–Crippen MR) is 117 cm³/mol. The van der Waals surface area contributed by atoms with E-state index in [2.05, 4.69) is 5.32 Å². The lowest BCUT2D eigenvalue weighted by molar-refractivity contribution is -0.137. The van der Waals surface area contributed by atoms with E-state index < -0.39 is 27.7 Å². The van der Waals surface area contributed by atoms with Crippen LogP contribution in [0.25, 0.3) is 11.3 Å². The maximum Gasteiger partial charge on any atom is 0.417 e. The Bertz CT molecular complexity index is 1320. The Kier molecular flexibility index (Phi) is 6.89. The van der Waals surface area contributed by atoms with Crippen molar-refractivity contribution in [3.8, 4) is 11.3 Å². The molecule has 0 aliphatic rings. The fourth-order valence-corrected chi connectivity index (χ4v) is 4.57. The third-order valence-electron chi connectivity index (χ3n) is 4.90. The number of aliphatic hydroxyl groups is 1. The summed E-state index contributed by atoms with van der Waals surface area (Å²) in [6.45, 7) is 1.11. The van der Waals surface area contributed by atoms with Crippen molar-refractivity contribution in [1.82, 2.24) is 4.57 Å². The minimum absolute atomic E-state index is 0.0372. The molecule has 0 aliphatic carbocycles. The second-order valence-corrected chi connectivity index (χ2v) is 9.06. The van der Waals surface area contributed by atoms with Crippen LogP contribution >= 0.6 is 11.6 Å². The normalized spacial score (nSPS) is 12.1. The molecule has 0 radical (unpaired) electrons. The molecule has 0 saturated carbocycles. The largest absolute Gasteiger partial charge is 0.417 e. The van der Waals surface area contributed by atoms with Gasteiger partial charge in [-0.15, -0.1) is 0 Å². The number of aromatic nitrogens is 1. The second kappa shape index (κ2) is 9.18. The number of nitrogens with one attached hydrogen (secondary N) is 1. The first-order chi connectivity index (χ1) is 15.3. The summed E-state index contributed by atoms with van der Waals surface area (Å²) in [6.07, 6.45) is -3.27. The number of amides is 1. The van der Waals surface area contributed by atoms with Gasteiger partial charge in [-0.1, -0.05) is 29.8 Å². The number of alkyl halides is 3. The highest BCUT2D eigenvalue weighted by molar-refractivity contribution is 7.89. The van der Waals surface area contributed by atoms with Crippen molar-refractivity contribution >= 4 is 33.2 Å². The number of sulfonamides is 1. The molecule has 0 atom stereocenters. The summed E-state index contributed by atoms with van der Waals surface area (Å²) in [5, 5.41) is 16.8. The minimum Gasteiger partial charge on any atom is -0.395 e. The van der Waals surface area contributed by atoms with Crippen LogP contribution in [0.4, 0.5) is 18.9 Å². The van der Waals surface area contributed by atoms with Crippen LogP contribution in [0.1, 0.15) is 21.5 Å². The highest BCUT2D eigenvalue weighted by Crippen LogP contribution is 2.39. The first-order valence-electron chi connectivity index (χ1n) is 9.45. The van der Waals surface area contributed by atoms with E-state index >= 15 is 0 Å². The molecule has 176 valence electrons. The summed E-state index contributed by atoms with van der Waals surface area (Å²) >= 11 is 5.94. The van der Waals surface area contributed by atoms with Crippen LogP contribution in [-0.2, 0) is 22.7 Å². The summed E-state index contributed by atoms with van der Waals surface area (Å²) < 4.78 is 65.1. The molecule has 0 aliphatic heterocycles. The zero-order chi connectivity index (χ0) is 24.6. The molecule has 1 heterocycles. The third kappa shape index (κ3) is 5.22. The smallest absolute Gasteiger partial charge is 0.395 e. The van der Waals surface area contributed by atoms with E-state index in [0.29, 0.717) is 0 Å². The van der Waals surface area contributed by atoms with Gasteiger partial charge in [-0.2, -0.15) is 13.2 Å². The molecule has 0 bridgehead atoms. The molecule has 3 aromatic rings. The van der Waals surface area contributed by atoms with Gasteiger partial charge in [-0.05, 0) is 36.8 Å². The number of halogens is 4.